The fraction of sp³-hybridized carbons (Fsp3) is 0.375. The molecular formula is C96H111ClN18O21S2. The second-order valence-electron chi connectivity index (χ2n) is 32.6. The second-order valence-corrected chi connectivity index (χ2v) is 36.8. The van der Waals surface area contributed by atoms with Gasteiger partial charge in [0.1, 0.15) is 94.2 Å². The summed E-state index contributed by atoms with van der Waals surface area (Å²) in [4.78, 5) is 125. The van der Waals surface area contributed by atoms with Gasteiger partial charge in [0.25, 0.3) is 22.7 Å². The number of sulfonamides is 2. The number of nitro groups is 1. The number of hydrogen-bond acceptors (Lipinski definition) is 31. The first-order valence-corrected chi connectivity index (χ1v) is 48.7. The molecule has 0 unspecified atom stereocenters. The van der Waals surface area contributed by atoms with Crippen LogP contribution in [0.4, 0.5) is 31.8 Å². The van der Waals surface area contributed by atoms with E-state index in [1.165, 1.54) is 64.4 Å². The van der Waals surface area contributed by atoms with Crippen molar-refractivity contribution in [3.63, 3.8) is 0 Å². The topological polar surface area (TPSA) is 456 Å². The smallest absolute Gasteiger partial charge is 0.495 e. The maximum absolute atomic E-state index is 13.8. The van der Waals surface area contributed by atoms with Gasteiger partial charge in [-0.25, -0.2) is 56.1 Å². The number of aryl methyl sites for hydroxylation is 6. The van der Waals surface area contributed by atoms with Crippen LogP contribution in [0.25, 0.3) is 44.8 Å². The van der Waals surface area contributed by atoms with E-state index in [9.17, 15) is 55.7 Å². The van der Waals surface area contributed by atoms with E-state index in [-0.39, 0.29) is 114 Å². The van der Waals surface area contributed by atoms with Gasteiger partial charge in [0.2, 0.25) is 26.0 Å². The van der Waals surface area contributed by atoms with Crippen molar-refractivity contribution in [1.29, 1.82) is 0 Å². The number of carbonyl (C=O) groups is 4. The first-order chi connectivity index (χ1) is 66.5. The second kappa shape index (κ2) is 47.7. The number of piperazine rings is 2. The summed E-state index contributed by atoms with van der Waals surface area (Å²) in [6, 6.07) is 35.4. The number of non-ortho nitro benzene ring substituents is 1. The van der Waals surface area contributed by atoms with E-state index in [0.717, 1.165) is 66.3 Å². The lowest BCUT2D eigenvalue weighted by molar-refractivity contribution is -0.384. The van der Waals surface area contributed by atoms with Crippen LogP contribution in [0.2, 0.25) is 5.02 Å². The number of rotatable bonds is 36. The summed E-state index contributed by atoms with van der Waals surface area (Å²) in [5.41, 5.74) is 7.35. The van der Waals surface area contributed by atoms with Crippen LogP contribution in [0.3, 0.4) is 0 Å². The highest BCUT2D eigenvalue weighted by Crippen LogP contribution is 2.37. The molecule has 3 saturated heterocycles. The predicted molar refractivity (Wildman–Crippen MR) is 516 cm³/mol. The molecule has 0 aliphatic carbocycles. The summed E-state index contributed by atoms with van der Waals surface area (Å²) >= 11 is 6.30. The number of methoxy groups -OCH3 is 1. The molecule has 3 fully saturated rings. The summed E-state index contributed by atoms with van der Waals surface area (Å²) in [5.74, 6) is 3.51. The number of hydrogen-bond donors (Lipinski definition) is 4. The van der Waals surface area contributed by atoms with Gasteiger partial charge < -0.3 is 77.3 Å². The average Bonchev–Trinajstić information content (AvgIpc) is 1.49. The monoisotopic (exact) mass is 1950 g/mol. The summed E-state index contributed by atoms with van der Waals surface area (Å²) in [5, 5.41) is 17.3. The predicted octanol–water partition coefficient (Wildman–Crippen LogP) is 13.7. The lowest BCUT2D eigenvalue weighted by Crippen LogP contribution is -2.49. The molecule has 0 radical (unpaired) electrons. The summed E-state index contributed by atoms with van der Waals surface area (Å²) in [6.45, 7) is 20.3. The Kier molecular flexibility index (Phi) is 35.1. The van der Waals surface area contributed by atoms with Gasteiger partial charge in [0.15, 0.2) is 0 Å². The minimum Gasteiger partial charge on any atom is -0.495 e. The molecule has 6 aromatic heterocycles. The number of anilines is 2. The van der Waals surface area contributed by atoms with Crippen molar-refractivity contribution in [2.75, 3.05) is 122 Å². The van der Waals surface area contributed by atoms with Crippen LogP contribution in [-0.4, -0.2) is 232 Å². The number of carbonyl (C=O) groups excluding carboxylic acids is 4. The van der Waals surface area contributed by atoms with Gasteiger partial charge in [-0.1, -0.05) is 86.7 Å². The molecule has 0 bridgehead atoms. The van der Waals surface area contributed by atoms with Crippen LogP contribution in [0.5, 0.6) is 34.5 Å². The number of ether oxygens (including phenoxy) is 9. The first-order valence-electron chi connectivity index (χ1n) is 45.4. The zero-order chi connectivity index (χ0) is 98.2. The molecule has 15 rings (SSSR count). The number of aromatic nitrogens is 10. The first kappa shape index (κ1) is 101. The fourth-order valence-corrected chi connectivity index (χ4v) is 18.9. The molecule has 1 atom stereocenters. The Hall–Kier alpha value is -14.0. The molecule has 4 N–H and O–H groups in total. The fourth-order valence-electron chi connectivity index (χ4n) is 15.7. The van der Waals surface area contributed by atoms with Crippen LogP contribution < -0.4 is 55.1 Å². The van der Waals surface area contributed by atoms with Crippen molar-refractivity contribution < 1.29 is 83.6 Å². The number of amides is 1. The molecule has 3 aliphatic heterocycles. The Morgan fingerprint density at radius 3 is 1.61 bits per heavy atom. The molecule has 138 heavy (non-hydrogen) atoms. The number of halogens is 1. The molecule has 0 saturated carbocycles. The Bertz CT molecular complexity index is 6640. The Balaban J connectivity index is 0.000000175. The van der Waals surface area contributed by atoms with Crippen molar-refractivity contribution in [1.82, 2.24) is 72.7 Å². The highest BCUT2D eigenvalue weighted by atomic mass is 35.5. The molecule has 12 aromatic rings. The van der Waals surface area contributed by atoms with E-state index in [0.29, 0.717) is 157 Å². The van der Waals surface area contributed by atoms with Gasteiger partial charge in [0, 0.05) is 135 Å². The lowest BCUT2D eigenvalue weighted by atomic mass is 10.1. The SMILES string of the molecule is CCCOc1ccc(S(=O)(=O)N2CCN(CCOC(=O)Oc3ccc(C)cc3)CC2)cc1-c1nc2c(CCC)cn(CC)c2c(=O)[nH]1.CCCc1cn(C)c2c(=O)[nH]c(-c3cc(S(=O)(=O)N4CCN(CCOC(=O)Oc5ccc(C)cc5)CC4)ccc3OCC)nc12.COc1ccc(CNc2nc(N3CCC[C@H]3COC(=O)Oc3ccc([N+](=O)[O-])cc3)ncc2C(=O)NCc2ncccn2)cc1Cl. The van der Waals surface area contributed by atoms with Crippen molar-refractivity contribution in [2.45, 2.75) is 129 Å². The molecule has 42 heteroatoms. The van der Waals surface area contributed by atoms with Crippen molar-refractivity contribution >= 4 is 95.5 Å². The third-order valence-electron chi connectivity index (χ3n) is 22.9. The van der Waals surface area contributed by atoms with E-state index in [4.69, 9.17) is 69.2 Å². The minimum absolute atomic E-state index is 0.0123. The molecular weight excluding hydrogens is 1840 g/mol. The standard InChI is InChI=1S/C34H43N5O7S.C32H39N5O7S.C30H29ClN8O7/c1-5-8-25-23-38(7-3)31-30(25)35-32(36-33(31)40)28-22-27(13-14-29(28)44-20-6-2)47(42,43)39-17-15-37(16-18-39)19-21-45-34(41)46-26-11-9-24(4)10-12-26;1-5-7-23-21-35(4)29-28(23)33-30(34-31(29)38)26-20-25(12-13-27(26)42-6-2)45(40,41)37-16-14-36(15-17-37)18-19-43-32(39)44-24-10-8-22(3)9-11-24;1-44-25-10-5-19(14-24(25)31)15-34-27-23(28(40)35-17-26-32-11-3-12-33-26)16-36-29(37-27)38-13-2-4-21(38)18-45-30(41)46-22-8-6-20(7-9-22)39(42)43/h9-14,22-23H,5-8,15-21H2,1-4H3,(H,35,36,40);8-13,20-21H,5-7,14-19H2,1-4H3,(H,33,34,38);3,5-12,14,16,21H,2,4,13,15,17-18H2,1H3,(H,35,40)(H,34,36,37)/t;;21-/m..0/s1. The van der Waals surface area contributed by atoms with E-state index in [1.54, 1.807) is 77.6 Å². The Morgan fingerprint density at radius 2 is 1.09 bits per heavy atom. The summed E-state index contributed by atoms with van der Waals surface area (Å²) in [6.07, 6.45) is 11.5. The van der Waals surface area contributed by atoms with Crippen LogP contribution in [0, 0.1) is 24.0 Å². The zero-order valence-electron chi connectivity index (χ0n) is 78.1. The molecule has 1 amide bonds. The van der Waals surface area contributed by atoms with Gasteiger partial charge in [-0.15, -0.1) is 0 Å². The molecule has 9 heterocycles. The lowest BCUT2D eigenvalue weighted by Gasteiger charge is -2.33. The van der Waals surface area contributed by atoms with E-state index < -0.39 is 49.3 Å². The number of nitrogens with one attached hydrogen (secondary N) is 4. The molecule has 39 nitrogen and oxygen atoms in total. The highest BCUT2D eigenvalue weighted by Gasteiger charge is 2.35. The number of nitro benzene ring substituents is 1. The molecule has 730 valence electrons. The minimum atomic E-state index is -3.87. The average molecular weight is 1950 g/mol. The molecule has 6 aromatic carbocycles. The van der Waals surface area contributed by atoms with Crippen molar-refractivity contribution in [3.05, 3.63) is 239 Å². The van der Waals surface area contributed by atoms with Gasteiger partial charge in [0.05, 0.1) is 74.8 Å². The number of fused-ring (bicyclic) bond motifs is 2. The maximum atomic E-state index is 13.8. The van der Waals surface area contributed by atoms with E-state index in [2.05, 4.69) is 49.4 Å². The highest BCUT2D eigenvalue weighted by molar-refractivity contribution is 7.89. The number of aromatic amines is 2. The van der Waals surface area contributed by atoms with Crippen molar-refractivity contribution in [3.8, 4) is 57.3 Å². The zero-order valence-corrected chi connectivity index (χ0v) is 80.5. The Labute approximate surface area is 802 Å². The van der Waals surface area contributed by atoms with Crippen molar-refractivity contribution in [2.24, 2.45) is 7.05 Å². The maximum Gasteiger partial charge on any atom is 0.513 e. The number of H-pyrrole nitrogens is 2. The van der Waals surface area contributed by atoms with E-state index in [1.807, 2.05) is 104 Å². The van der Waals surface area contributed by atoms with E-state index >= 15 is 0 Å². The van der Waals surface area contributed by atoms with Gasteiger partial charge in [-0.3, -0.25) is 34.3 Å². The molecule has 3 aliphatic rings. The van der Waals surface area contributed by atoms with Crippen LogP contribution in [0.1, 0.15) is 111 Å². The third-order valence-corrected chi connectivity index (χ3v) is 27.0. The van der Waals surface area contributed by atoms with Gasteiger partial charge in [-0.05, 0) is 167 Å². The van der Waals surface area contributed by atoms with Gasteiger partial charge >= 0.3 is 18.5 Å². The summed E-state index contributed by atoms with van der Waals surface area (Å²) in [7, 11) is -4.39. The number of nitrogens with zero attached hydrogens (tertiary/aromatic N) is 14. The van der Waals surface area contributed by atoms with Crippen LogP contribution in [0.15, 0.2) is 184 Å². The van der Waals surface area contributed by atoms with Gasteiger partial charge in [-0.2, -0.15) is 13.6 Å². The van der Waals surface area contributed by atoms with Crippen LogP contribution >= 0.6 is 11.6 Å². The number of benzene rings is 6. The summed E-state index contributed by atoms with van der Waals surface area (Å²) < 4.78 is 110. The molecule has 0 spiro atoms. The Morgan fingerprint density at radius 1 is 0.580 bits per heavy atom. The quantitative estimate of drug-likeness (QED) is 0.00931. The van der Waals surface area contributed by atoms with Crippen LogP contribution in [-0.2, 0) is 73.8 Å². The third kappa shape index (κ3) is 26.0. The normalized spacial score (nSPS) is 14.3. The largest absolute Gasteiger partial charge is 0.513 e.